The predicted molar refractivity (Wildman–Crippen MR) is 38.9 cm³/mol. The van der Waals surface area contributed by atoms with Crippen LogP contribution in [-0.4, -0.2) is 10.3 Å². The molecule has 5 heteroatoms. The number of nitrogens with zero attached hydrogens (tertiary/aromatic N) is 2. The molecular formula is C7H6N2O3. The van der Waals surface area contributed by atoms with Crippen LogP contribution in [0.15, 0.2) is 22.8 Å². The van der Waals surface area contributed by atoms with Crippen molar-refractivity contribution in [1.82, 2.24) is 5.16 Å². The number of rotatable bonds is 1. The highest BCUT2D eigenvalue weighted by Gasteiger charge is 2.08. The van der Waals surface area contributed by atoms with Crippen LogP contribution in [0.1, 0.15) is 5.56 Å². The molecule has 0 bridgehead atoms. The fourth-order valence-corrected chi connectivity index (χ4v) is 1.02. The average Bonchev–Trinajstić information content (AvgIpc) is 2.47. The van der Waals surface area contributed by atoms with Crippen molar-refractivity contribution >= 4 is 11.0 Å². The Kier molecular flexibility index (Phi) is 1.44. The lowest BCUT2D eigenvalue weighted by molar-refractivity contribution is -0.782. The van der Waals surface area contributed by atoms with Gasteiger partial charge in [0.25, 0.3) is 0 Å². The first-order chi connectivity index (χ1) is 5.81. The van der Waals surface area contributed by atoms with Gasteiger partial charge in [0, 0.05) is 11.2 Å². The summed E-state index contributed by atoms with van der Waals surface area (Å²) in [4.78, 5) is 0.330. The number of aliphatic hydroxyl groups is 1. The Morgan fingerprint density at radius 1 is 1.58 bits per heavy atom. The Bertz CT molecular complexity index is 410. The summed E-state index contributed by atoms with van der Waals surface area (Å²) in [5.74, 6) is 0. The fourth-order valence-electron chi connectivity index (χ4n) is 1.02. The monoisotopic (exact) mass is 166 g/mol. The highest BCUT2D eigenvalue weighted by Crippen LogP contribution is 2.09. The van der Waals surface area contributed by atoms with Gasteiger partial charge in [-0.25, -0.2) is 0 Å². The smallest absolute Gasteiger partial charge is 0.248 e. The van der Waals surface area contributed by atoms with Crippen LogP contribution >= 0.6 is 0 Å². The molecule has 0 spiro atoms. The topological polar surface area (TPSA) is 73.2 Å². The van der Waals surface area contributed by atoms with Crippen LogP contribution in [0.5, 0.6) is 0 Å². The normalized spacial score (nSPS) is 10.8. The first-order valence-corrected chi connectivity index (χ1v) is 3.40. The average molecular weight is 166 g/mol. The molecule has 0 saturated heterocycles. The zero-order valence-electron chi connectivity index (χ0n) is 6.10. The van der Waals surface area contributed by atoms with Gasteiger partial charge in [-0.3, -0.25) is 4.63 Å². The van der Waals surface area contributed by atoms with Crippen LogP contribution in [0.2, 0.25) is 0 Å². The molecule has 2 rings (SSSR count). The fraction of sp³-hybridized carbons (Fsp3) is 0.143. The van der Waals surface area contributed by atoms with Gasteiger partial charge in [0.15, 0.2) is 0 Å². The zero-order chi connectivity index (χ0) is 8.55. The highest BCUT2D eigenvalue weighted by atomic mass is 16.8. The standard InChI is InChI=1S/C7H6N2O3/c10-4-5-1-2-7-6(3-5)8-12-9(7)11/h1-3,10H,4H2. The molecule has 0 amide bonds. The van der Waals surface area contributed by atoms with E-state index in [4.69, 9.17) is 5.11 Å². The summed E-state index contributed by atoms with van der Waals surface area (Å²) >= 11 is 0. The van der Waals surface area contributed by atoms with Crippen LogP contribution in [0.25, 0.3) is 11.0 Å². The van der Waals surface area contributed by atoms with Gasteiger partial charge in [0.1, 0.15) is 0 Å². The number of hydrogen-bond acceptors (Lipinski definition) is 4. The quantitative estimate of drug-likeness (QED) is 0.603. The second kappa shape index (κ2) is 2.46. The van der Waals surface area contributed by atoms with E-state index in [0.717, 1.165) is 0 Å². The zero-order valence-corrected chi connectivity index (χ0v) is 6.10. The molecule has 0 saturated carbocycles. The van der Waals surface area contributed by atoms with Crippen molar-refractivity contribution in [3.63, 3.8) is 0 Å². The Morgan fingerprint density at radius 2 is 2.42 bits per heavy atom. The van der Waals surface area contributed by atoms with Gasteiger partial charge >= 0.3 is 0 Å². The summed E-state index contributed by atoms with van der Waals surface area (Å²) in [5.41, 5.74) is 1.53. The van der Waals surface area contributed by atoms with Crippen molar-refractivity contribution in [3.8, 4) is 0 Å². The van der Waals surface area contributed by atoms with E-state index in [2.05, 4.69) is 9.79 Å². The molecule has 0 unspecified atom stereocenters. The van der Waals surface area contributed by atoms with E-state index in [1.807, 2.05) is 0 Å². The van der Waals surface area contributed by atoms with E-state index in [-0.39, 0.29) is 6.61 Å². The summed E-state index contributed by atoms with van der Waals surface area (Å²) in [6.45, 7) is -0.0678. The third kappa shape index (κ3) is 0.911. The molecule has 1 N–H and O–H groups in total. The van der Waals surface area contributed by atoms with Crippen molar-refractivity contribution < 1.29 is 14.6 Å². The molecule has 1 aromatic carbocycles. The Balaban J connectivity index is 2.69. The Morgan fingerprint density at radius 3 is 3.17 bits per heavy atom. The molecular weight excluding hydrogens is 160 g/mol. The first kappa shape index (κ1) is 7.05. The molecule has 0 fully saturated rings. The minimum atomic E-state index is -0.0678. The minimum Gasteiger partial charge on any atom is -0.392 e. The largest absolute Gasteiger partial charge is 0.392 e. The van der Waals surface area contributed by atoms with E-state index >= 15 is 0 Å². The van der Waals surface area contributed by atoms with Gasteiger partial charge in [0.2, 0.25) is 11.0 Å². The van der Waals surface area contributed by atoms with Crippen molar-refractivity contribution in [2.75, 3.05) is 0 Å². The molecule has 0 radical (unpaired) electrons. The van der Waals surface area contributed by atoms with Gasteiger partial charge in [0.05, 0.1) is 6.61 Å². The van der Waals surface area contributed by atoms with E-state index in [1.54, 1.807) is 18.2 Å². The summed E-state index contributed by atoms with van der Waals surface area (Å²) in [5, 5.41) is 23.1. The maximum absolute atomic E-state index is 10.8. The molecule has 0 atom stereocenters. The number of benzene rings is 1. The maximum Gasteiger partial charge on any atom is 0.248 e. The predicted octanol–water partition coefficient (Wildman–Crippen LogP) is -0.0465. The second-order valence-corrected chi connectivity index (χ2v) is 2.41. The molecule has 0 aliphatic carbocycles. The van der Waals surface area contributed by atoms with Crippen molar-refractivity contribution in [2.45, 2.75) is 6.61 Å². The molecule has 1 aromatic heterocycles. The van der Waals surface area contributed by atoms with Crippen LogP contribution < -0.4 is 4.90 Å². The lowest BCUT2D eigenvalue weighted by Crippen LogP contribution is -2.22. The van der Waals surface area contributed by atoms with Crippen molar-refractivity contribution in [2.24, 2.45) is 0 Å². The maximum atomic E-state index is 10.8. The van der Waals surface area contributed by atoms with Crippen LogP contribution in [-0.2, 0) is 6.61 Å². The Labute approximate surface area is 67.4 Å². The molecule has 5 nitrogen and oxygen atoms in total. The van der Waals surface area contributed by atoms with Crippen LogP contribution in [0.4, 0.5) is 0 Å². The SMILES string of the molecule is [O-][n+]1onc2cc(CO)ccc21. The van der Waals surface area contributed by atoms with Crippen LogP contribution in [0.3, 0.4) is 0 Å². The first-order valence-electron chi connectivity index (χ1n) is 3.40. The molecule has 62 valence electrons. The van der Waals surface area contributed by atoms with Crippen molar-refractivity contribution in [1.29, 1.82) is 0 Å². The second-order valence-electron chi connectivity index (χ2n) is 2.41. The highest BCUT2D eigenvalue weighted by molar-refractivity contribution is 5.70. The summed E-state index contributed by atoms with van der Waals surface area (Å²) in [7, 11) is 0. The van der Waals surface area contributed by atoms with E-state index in [9.17, 15) is 5.21 Å². The molecule has 1 heterocycles. The number of aromatic nitrogens is 2. The third-order valence-corrected chi connectivity index (χ3v) is 1.63. The van der Waals surface area contributed by atoms with Gasteiger partial charge in [-0.1, -0.05) is 6.07 Å². The molecule has 12 heavy (non-hydrogen) atoms. The lowest BCUT2D eigenvalue weighted by Gasteiger charge is -1.90. The van der Waals surface area contributed by atoms with E-state index < -0.39 is 0 Å². The summed E-state index contributed by atoms with van der Waals surface area (Å²) < 4.78 is 4.34. The minimum absolute atomic E-state index is 0.0678. The van der Waals surface area contributed by atoms with Gasteiger partial charge < -0.3 is 10.3 Å². The number of aliphatic hydroxyl groups excluding tert-OH is 1. The van der Waals surface area contributed by atoms with Gasteiger partial charge in [-0.15, -0.1) is 0 Å². The molecule has 0 aliphatic rings. The van der Waals surface area contributed by atoms with Crippen molar-refractivity contribution in [3.05, 3.63) is 29.0 Å². The van der Waals surface area contributed by atoms with E-state index in [0.29, 0.717) is 21.5 Å². The van der Waals surface area contributed by atoms with Gasteiger partial charge in [-0.2, -0.15) is 0 Å². The lowest BCUT2D eigenvalue weighted by atomic mass is 10.2. The van der Waals surface area contributed by atoms with Gasteiger partial charge in [-0.05, 0) is 16.5 Å². The third-order valence-electron chi connectivity index (χ3n) is 1.63. The number of fused-ring (bicyclic) bond motifs is 1. The van der Waals surface area contributed by atoms with E-state index in [1.165, 1.54) is 0 Å². The van der Waals surface area contributed by atoms with Crippen LogP contribution in [0, 0.1) is 5.21 Å². The summed E-state index contributed by atoms with van der Waals surface area (Å²) in [6.07, 6.45) is 0. The molecule has 2 aromatic rings. The Hall–Kier alpha value is -1.62. The molecule has 0 aliphatic heterocycles. The summed E-state index contributed by atoms with van der Waals surface area (Å²) in [6, 6.07) is 4.81. The number of hydrogen-bond donors (Lipinski definition) is 1.